The van der Waals surface area contributed by atoms with Gasteiger partial charge in [0.05, 0.1) is 6.10 Å². The summed E-state index contributed by atoms with van der Waals surface area (Å²) in [6, 6.07) is 0.507. The van der Waals surface area contributed by atoms with Crippen molar-refractivity contribution in [1.29, 1.82) is 0 Å². The first kappa shape index (κ1) is 7.53. The molecule has 0 aromatic heterocycles. The molecule has 2 rings (SSSR count). The SMILES string of the molecule is OC1CNC2CCOCCC12. The zero-order valence-corrected chi connectivity index (χ0v) is 6.62. The molecule has 0 aromatic rings. The van der Waals surface area contributed by atoms with Gasteiger partial charge in [0, 0.05) is 31.7 Å². The lowest BCUT2D eigenvalue weighted by atomic mass is 9.94. The van der Waals surface area contributed by atoms with Crippen LogP contribution in [0.4, 0.5) is 0 Å². The molecule has 11 heavy (non-hydrogen) atoms. The van der Waals surface area contributed by atoms with Crippen molar-refractivity contribution < 1.29 is 9.84 Å². The number of ether oxygens (including phenoxy) is 1. The molecule has 0 amide bonds. The average Bonchev–Trinajstić information content (AvgIpc) is 2.25. The number of rotatable bonds is 0. The molecule has 3 unspecified atom stereocenters. The van der Waals surface area contributed by atoms with E-state index < -0.39 is 0 Å². The summed E-state index contributed by atoms with van der Waals surface area (Å²) in [5, 5.41) is 12.8. The molecule has 2 heterocycles. The normalized spacial score (nSPS) is 45.0. The molecule has 2 aliphatic rings. The van der Waals surface area contributed by atoms with Crippen LogP contribution in [0.3, 0.4) is 0 Å². The van der Waals surface area contributed by atoms with Gasteiger partial charge < -0.3 is 15.2 Å². The van der Waals surface area contributed by atoms with Gasteiger partial charge in [-0.25, -0.2) is 0 Å². The van der Waals surface area contributed by atoms with Crippen LogP contribution in [0.5, 0.6) is 0 Å². The van der Waals surface area contributed by atoms with Crippen LogP contribution in [-0.4, -0.2) is 37.0 Å². The summed E-state index contributed by atoms with van der Waals surface area (Å²) < 4.78 is 5.33. The first-order chi connectivity index (χ1) is 5.38. The predicted molar refractivity (Wildman–Crippen MR) is 41.3 cm³/mol. The summed E-state index contributed by atoms with van der Waals surface area (Å²) in [6.45, 7) is 2.44. The molecule has 0 spiro atoms. The molecule has 0 bridgehead atoms. The van der Waals surface area contributed by atoms with Gasteiger partial charge in [-0.05, 0) is 12.8 Å². The van der Waals surface area contributed by atoms with Crippen LogP contribution in [0.25, 0.3) is 0 Å². The molecular weight excluding hydrogens is 142 g/mol. The van der Waals surface area contributed by atoms with Crippen molar-refractivity contribution in [3.05, 3.63) is 0 Å². The Morgan fingerprint density at radius 1 is 1.27 bits per heavy atom. The van der Waals surface area contributed by atoms with E-state index in [4.69, 9.17) is 4.74 Å². The van der Waals surface area contributed by atoms with E-state index in [1.165, 1.54) is 0 Å². The fourth-order valence-corrected chi connectivity index (χ4v) is 2.08. The Bertz CT molecular complexity index is 140. The molecule has 0 aliphatic carbocycles. The molecule has 3 heteroatoms. The maximum Gasteiger partial charge on any atom is 0.0708 e. The molecule has 2 fully saturated rings. The molecular formula is C8H15NO2. The van der Waals surface area contributed by atoms with Crippen molar-refractivity contribution in [3.63, 3.8) is 0 Å². The van der Waals surface area contributed by atoms with E-state index in [0.29, 0.717) is 12.0 Å². The van der Waals surface area contributed by atoms with Crippen molar-refractivity contribution in [3.8, 4) is 0 Å². The van der Waals surface area contributed by atoms with Crippen LogP contribution < -0.4 is 5.32 Å². The summed E-state index contributed by atoms with van der Waals surface area (Å²) >= 11 is 0. The third-order valence-corrected chi connectivity index (χ3v) is 2.77. The second-order valence-corrected chi connectivity index (χ2v) is 3.44. The van der Waals surface area contributed by atoms with Gasteiger partial charge >= 0.3 is 0 Å². The molecule has 0 aromatic carbocycles. The summed E-state index contributed by atoms with van der Waals surface area (Å²) in [7, 11) is 0. The summed E-state index contributed by atoms with van der Waals surface area (Å²) in [5.41, 5.74) is 0. The molecule has 3 atom stereocenters. The van der Waals surface area contributed by atoms with Crippen molar-refractivity contribution in [1.82, 2.24) is 5.32 Å². The minimum atomic E-state index is -0.137. The number of β-amino-alcohol motifs (C(OH)–C–C–N with tert-alkyl or cyclic N) is 1. The Hall–Kier alpha value is -0.120. The molecule has 2 saturated heterocycles. The van der Waals surface area contributed by atoms with Crippen LogP contribution in [0.15, 0.2) is 0 Å². The van der Waals surface area contributed by atoms with Gasteiger partial charge in [0.15, 0.2) is 0 Å². The van der Waals surface area contributed by atoms with E-state index in [0.717, 1.165) is 32.6 Å². The lowest BCUT2D eigenvalue weighted by Gasteiger charge is -2.16. The number of aliphatic hydroxyl groups excluding tert-OH is 1. The summed E-state index contributed by atoms with van der Waals surface area (Å²) in [5.74, 6) is 0.442. The van der Waals surface area contributed by atoms with E-state index in [-0.39, 0.29) is 6.10 Å². The van der Waals surface area contributed by atoms with E-state index in [1.807, 2.05) is 0 Å². The first-order valence-corrected chi connectivity index (χ1v) is 4.37. The highest BCUT2D eigenvalue weighted by Gasteiger charge is 2.34. The summed E-state index contributed by atoms with van der Waals surface area (Å²) in [6.07, 6.45) is 1.93. The minimum Gasteiger partial charge on any atom is -0.391 e. The lowest BCUT2D eigenvalue weighted by molar-refractivity contribution is 0.109. The second kappa shape index (κ2) is 3.09. The van der Waals surface area contributed by atoms with Crippen molar-refractivity contribution in [2.24, 2.45) is 5.92 Å². The smallest absolute Gasteiger partial charge is 0.0708 e. The van der Waals surface area contributed by atoms with Crippen molar-refractivity contribution >= 4 is 0 Å². The third-order valence-electron chi connectivity index (χ3n) is 2.77. The van der Waals surface area contributed by atoms with E-state index in [9.17, 15) is 5.11 Å². The monoisotopic (exact) mass is 157 g/mol. The second-order valence-electron chi connectivity index (χ2n) is 3.44. The number of fused-ring (bicyclic) bond motifs is 1. The molecule has 0 radical (unpaired) electrons. The van der Waals surface area contributed by atoms with E-state index in [2.05, 4.69) is 5.32 Å². The molecule has 2 N–H and O–H groups in total. The molecule has 64 valence electrons. The highest BCUT2D eigenvalue weighted by molar-refractivity contribution is 4.91. The highest BCUT2D eigenvalue weighted by atomic mass is 16.5. The quantitative estimate of drug-likeness (QED) is 0.509. The first-order valence-electron chi connectivity index (χ1n) is 4.37. The van der Waals surface area contributed by atoms with Crippen LogP contribution >= 0.6 is 0 Å². The molecule has 0 saturated carbocycles. The Morgan fingerprint density at radius 3 is 3.00 bits per heavy atom. The van der Waals surface area contributed by atoms with Crippen LogP contribution in [0.2, 0.25) is 0 Å². The Kier molecular flexibility index (Phi) is 2.11. The predicted octanol–water partition coefficient (Wildman–Crippen LogP) is -0.254. The van der Waals surface area contributed by atoms with Gasteiger partial charge in [0.1, 0.15) is 0 Å². The minimum absolute atomic E-state index is 0.137. The Balaban J connectivity index is 2.00. The maximum absolute atomic E-state index is 9.53. The highest BCUT2D eigenvalue weighted by Crippen LogP contribution is 2.24. The largest absolute Gasteiger partial charge is 0.391 e. The van der Waals surface area contributed by atoms with E-state index >= 15 is 0 Å². The van der Waals surface area contributed by atoms with Crippen molar-refractivity contribution in [2.75, 3.05) is 19.8 Å². The van der Waals surface area contributed by atoms with E-state index in [1.54, 1.807) is 0 Å². The topological polar surface area (TPSA) is 41.5 Å². The van der Waals surface area contributed by atoms with Gasteiger partial charge in [-0.3, -0.25) is 0 Å². The molecule has 3 nitrogen and oxygen atoms in total. The van der Waals surface area contributed by atoms with Gasteiger partial charge in [-0.1, -0.05) is 0 Å². The third kappa shape index (κ3) is 1.41. The zero-order chi connectivity index (χ0) is 7.68. The van der Waals surface area contributed by atoms with Crippen LogP contribution in [-0.2, 0) is 4.74 Å². The number of nitrogens with one attached hydrogen (secondary N) is 1. The Morgan fingerprint density at radius 2 is 2.09 bits per heavy atom. The van der Waals surface area contributed by atoms with Gasteiger partial charge in [0.25, 0.3) is 0 Å². The van der Waals surface area contributed by atoms with Gasteiger partial charge in [0.2, 0.25) is 0 Å². The maximum atomic E-state index is 9.53. The van der Waals surface area contributed by atoms with Crippen LogP contribution in [0, 0.1) is 5.92 Å². The Labute approximate surface area is 66.7 Å². The zero-order valence-electron chi connectivity index (χ0n) is 6.62. The van der Waals surface area contributed by atoms with Crippen molar-refractivity contribution in [2.45, 2.75) is 25.0 Å². The molecule has 2 aliphatic heterocycles. The number of hydrogen-bond donors (Lipinski definition) is 2. The number of hydrogen-bond acceptors (Lipinski definition) is 3. The average molecular weight is 157 g/mol. The van der Waals surface area contributed by atoms with Gasteiger partial charge in [-0.2, -0.15) is 0 Å². The number of aliphatic hydroxyl groups is 1. The fourth-order valence-electron chi connectivity index (χ4n) is 2.08. The van der Waals surface area contributed by atoms with Gasteiger partial charge in [-0.15, -0.1) is 0 Å². The fraction of sp³-hybridized carbons (Fsp3) is 1.00. The summed E-state index contributed by atoms with van der Waals surface area (Å²) in [4.78, 5) is 0. The van der Waals surface area contributed by atoms with Crippen LogP contribution in [0.1, 0.15) is 12.8 Å². The lowest BCUT2D eigenvalue weighted by Crippen LogP contribution is -2.27. The standard InChI is InChI=1S/C8H15NO2/c10-8-5-9-7-2-4-11-3-1-6(7)8/h6-10H,1-5H2.